The maximum Gasteiger partial charge on any atom is 0.242 e. The second kappa shape index (κ2) is 5.68. The average Bonchev–Trinajstić information content (AvgIpc) is 2.40. The molecule has 0 radical (unpaired) electrons. The van der Waals surface area contributed by atoms with Crippen LogP contribution in [0.1, 0.15) is 37.7 Å². The van der Waals surface area contributed by atoms with E-state index in [1.54, 1.807) is 0 Å². The monoisotopic (exact) mass is 306 g/mol. The third-order valence-electron chi connectivity index (χ3n) is 4.61. The van der Waals surface area contributed by atoms with Gasteiger partial charge >= 0.3 is 0 Å². The van der Waals surface area contributed by atoms with Gasteiger partial charge in [-0.25, -0.2) is 0 Å². The number of rotatable bonds is 3. The van der Waals surface area contributed by atoms with Crippen molar-refractivity contribution in [3.63, 3.8) is 0 Å². The lowest BCUT2D eigenvalue weighted by molar-refractivity contribution is -0.135. The molecule has 112 valence electrons. The van der Waals surface area contributed by atoms with Crippen LogP contribution in [0.25, 0.3) is 0 Å². The lowest BCUT2D eigenvalue weighted by Gasteiger charge is -2.42. The van der Waals surface area contributed by atoms with E-state index in [1.807, 2.05) is 24.3 Å². The Morgan fingerprint density at radius 2 is 2.14 bits per heavy atom. The number of carbonyl (C=O) groups is 2. The summed E-state index contributed by atoms with van der Waals surface area (Å²) in [6, 6.07) is 7.09. The van der Waals surface area contributed by atoms with E-state index in [-0.39, 0.29) is 11.8 Å². The van der Waals surface area contributed by atoms with Gasteiger partial charge in [-0.3, -0.25) is 9.59 Å². The van der Waals surface area contributed by atoms with E-state index < -0.39 is 11.5 Å². The first-order valence-electron chi connectivity index (χ1n) is 7.46. The molecule has 0 bridgehead atoms. The third kappa shape index (κ3) is 2.64. The molecule has 1 atom stereocenters. The van der Waals surface area contributed by atoms with Crippen molar-refractivity contribution in [1.29, 1.82) is 0 Å². The zero-order valence-corrected chi connectivity index (χ0v) is 12.6. The molecule has 5 heteroatoms. The lowest BCUT2D eigenvalue weighted by Crippen LogP contribution is -2.57. The Balaban J connectivity index is 1.79. The van der Waals surface area contributed by atoms with Crippen molar-refractivity contribution in [1.82, 2.24) is 10.6 Å². The Morgan fingerprint density at radius 1 is 1.33 bits per heavy atom. The summed E-state index contributed by atoms with van der Waals surface area (Å²) in [7, 11) is 0. The van der Waals surface area contributed by atoms with Crippen molar-refractivity contribution in [2.45, 2.75) is 43.6 Å². The molecule has 0 aromatic heterocycles. The van der Waals surface area contributed by atoms with E-state index in [9.17, 15) is 9.59 Å². The highest BCUT2D eigenvalue weighted by Gasteiger charge is 2.46. The van der Waals surface area contributed by atoms with Crippen molar-refractivity contribution in [2.75, 3.05) is 6.54 Å². The van der Waals surface area contributed by atoms with Crippen LogP contribution >= 0.6 is 11.6 Å². The number of carbonyl (C=O) groups excluding carboxylic acids is 2. The molecular weight excluding hydrogens is 288 g/mol. The number of hydrogen-bond acceptors (Lipinski definition) is 2. The highest BCUT2D eigenvalue weighted by Crippen LogP contribution is 2.44. The van der Waals surface area contributed by atoms with Gasteiger partial charge in [0.2, 0.25) is 11.8 Å². The van der Waals surface area contributed by atoms with E-state index >= 15 is 0 Å². The topological polar surface area (TPSA) is 58.2 Å². The van der Waals surface area contributed by atoms with E-state index in [0.29, 0.717) is 18.0 Å². The fourth-order valence-corrected chi connectivity index (χ4v) is 3.36. The molecule has 1 aromatic rings. The summed E-state index contributed by atoms with van der Waals surface area (Å²) in [5.74, 6) is -0.117. The molecule has 2 aliphatic rings. The van der Waals surface area contributed by atoms with Crippen molar-refractivity contribution in [3.8, 4) is 0 Å². The first kappa shape index (κ1) is 14.4. The fourth-order valence-electron chi connectivity index (χ4n) is 3.17. The van der Waals surface area contributed by atoms with Crippen LogP contribution in [0, 0.1) is 0 Å². The highest BCUT2D eigenvalue weighted by molar-refractivity contribution is 6.30. The number of hydrogen-bond donors (Lipinski definition) is 2. The van der Waals surface area contributed by atoms with Crippen LogP contribution in [0.2, 0.25) is 5.02 Å². The van der Waals surface area contributed by atoms with Crippen LogP contribution in [0.15, 0.2) is 24.3 Å². The second-order valence-electron chi connectivity index (χ2n) is 5.91. The maximum absolute atomic E-state index is 12.7. The van der Waals surface area contributed by atoms with E-state index in [1.165, 1.54) is 0 Å². The zero-order valence-electron chi connectivity index (χ0n) is 11.8. The van der Waals surface area contributed by atoms with Gasteiger partial charge < -0.3 is 10.6 Å². The SMILES string of the molecule is O=C1NCCC[C@@H]1NC(=O)C1(c2cccc(Cl)c2)CCC1. The molecule has 4 nitrogen and oxygen atoms in total. The van der Waals surface area contributed by atoms with Gasteiger partial charge in [0, 0.05) is 11.6 Å². The van der Waals surface area contributed by atoms with Crippen molar-refractivity contribution < 1.29 is 9.59 Å². The summed E-state index contributed by atoms with van der Waals surface area (Å²) < 4.78 is 0. The Kier molecular flexibility index (Phi) is 3.89. The van der Waals surface area contributed by atoms with Gasteiger partial charge in [-0.15, -0.1) is 0 Å². The molecule has 2 N–H and O–H groups in total. The smallest absolute Gasteiger partial charge is 0.242 e. The zero-order chi connectivity index (χ0) is 14.9. The predicted molar refractivity (Wildman–Crippen MR) is 81.2 cm³/mol. The van der Waals surface area contributed by atoms with Crippen LogP contribution in [-0.4, -0.2) is 24.4 Å². The van der Waals surface area contributed by atoms with Crippen LogP contribution in [-0.2, 0) is 15.0 Å². The summed E-state index contributed by atoms with van der Waals surface area (Å²) in [4.78, 5) is 24.5. The van der Waals surface area contributed by atoms with Gasteiger partial charge in [0.15, 0.2) is 0 Å². The number of amides is 2. The van der Waals surface area contributed by atoms with Gasteiger partial charge in [-0.05, 0) is 43.4 Å². The normalized spacial score (nSPS) is 23.9. The van der Waals surface area contributed by atoms with Gasteiger partial charge in [-0.2, -0.15) is 0 Å². The fraction of sp³-hybridized carbons (Fsp3) is 0.500. The molecule has 2 amide bonds. The molecule has 0 spiro atoms. The summed E-state index contributed by atoms with van der Waals surface area (Å²) in [6.07, 6.45) is 4.27. The molecule has 2 fully saturated rings. The van der Waals surface area contributed by atoms with Gasteiger partial charge in [0.1, 0.15) is 6.04 Å². The first-order valence-corrected chi connectivity index (χ1v) is 7.84. The van der Waals surface area contributed by atoms with Gasteiger partial charge in [0.05, 0.1) is 5.41 Å². The van der Waals surface area contributed by atoms with Crippen molar-refractivity contribution in [3.05, 3.63) is 34.9 Å². The number of benzene rings is 1. The van der Waals surface area contributed by atoms with E-state index in [0.717, 1.165) is 31.2 Å². The Morgan fingerprint density at radius 3 is 2.76 bits per heavy atom. The van der Waals surface area contributed by atoms with Crippen molar-refractivity contribution in [2.24, 2.45) is 0 Å². The summed E-state index contributed by atoms with van der Waals surface area (Å²) in [5, 5.41) is 6.38. The second-order valence-corrected chi connectivity index (χ2v) is 6.34. The molecule has 1 saturated carbocycles. The standard InChI is InChI=1S/C16H19ClN2O2/c17-12-5-1-4-11(10-12)16(7-3-8-16)15(21)19-13-6-2-9-18-14(13)20/h1,4-5,10,13H,2-3,6-9H2,(H,18,20)(H,19,21)/t13-/m0/s1. The molecule has 21 heavy (non-hydrogen) atoms. The van der Waals surface area contributed by atoms with Crippen LogP contribution in [0.5, 0.6) is 0 Å². The number of piperidine rings is 1. The quantitative estimate of drug-likeness (QED) is 0.899. The Labute approximate surface area is 129 Å². The molecule has 3 rings (SSSR count). The summed E-state index contributed by atoms with van der Waals surface area (Å²) in [6.45, 7) is 0.699. The Bertz CT molecular complexity index is 569. The third-order valence-corrected chi connectivity index (χ3v) is 4.84. The van der Waals surface area contributed by atoms with E-state index in [2.05, 4.69) is 10.6 Å². The highest BCUT2D eigenvalue weighted by atomic mass is 35.5. The largest absolute Gasteiger partial charge is 0.354 e. The van der Waals surface area contributed by atoms with Gasteiger partial charge in [0.25, 0.3) is 0 Å². The minimum Gasteiger partial charge on any atom is -0.354 e. The number of halogens is 1. The molecule has 1 saturated heterocycles. The summed E-state index contributed by atoms with van der Waals surface area (Å²) >= 11 is 6.06. The van der Waals surface area contributed by atoms with Crippen LogP contribution in [0.3, 0.4) is 0 Å². The predicted octanol–water partition coefficient (Wildman–Crippen LogP) is 2.16. The molecule has 1 aromatic carbocycles. The van der Waals surface area contributed by atoms with Crippen LogP contribution < -0.4 is 10.6 Å². The molecule has 1 aliphatic heterocycles. The molecule has 1 aliphatic carbocycles. The average molecular weight is 307 g/mol. The minimum absolute atomic E-state index is 0.0435. The number of nitrogens with one attached hydrogen (secondary N) is 2. The Hall–Kier alpha value is -1.55. The minimum atomic E-state index is -0.511. The molecule has 0 unspecified atom stereocenters. The summed E-state index contributed by atoms with van der Waals surface area (Å²) in [5.41, 5.74) is 0.442. The molecule has 1 heterocycles. The van der Waals surface area contributed by atoms with Crippen LogP contribution in [0.4, 0.5) is 0 Å². The van der Waals surface area contributed by atoms with Gasteiger partial charge in [-0.1, -0.05) is 30.2 Å². The lowest BCUT2D eigenvalue weighted by atomic mass is 9.63. The van der Waals surface area contributed by atoms with E-state index in [4.69, 9.17) is 11.6 Å². The first-order chi connectivity index (χ1) is 10.1. The molecular formula is C16H19ClN2O2. The van der Waals surface area contributed by atoms with Crippen molar-refractivity contribution >= 4 is 23.4 Å². The maximum atomic E-state index is 12.7.